The van der Waals surface area contributed by atoms with Crippen LogP contribution in [0, 0.1) is 0 Å². The highest BCUT2D eigenvalue weighted by atomic mass is 16.4. The summed E-state index contributed by atoms with van der Waals surface area (Å²) in [6, 6.07) is 0. The van der Waals surface area contributed by atoms with Crippen molar-refractivity contribution in [2.75, 3.05) is 0 Å². The second-order valence-electron chi connectivity index (χ2n) is 2.27. The Kier molecular flexibility index (Phi) is 3.36. The zero-order valence-corrected chi connectivity index (χ0v) is 6.11. The van der Waals surface area contributed by atoms with Crippen LogP contribution >= 0.6 is 0 Å². The maximum atomic E-state index is 10.3. The Morgan fingerprint density at radius 2 is 1.92 bits per heavy atom. The number of rotatable bonds is 5. The minimum atomic E-state index is -2.20. The first-order valence-electron chi connectivity index (χ1n) is 3.06. The van der Waals surface area contributed by atoms with E-state index in [1.807, 2.05) is 0 Å². The van der Waals surface area contributed by atoms with Crippen LogP contribution in [0.3, 0.4) is 0 Å². The molecule has 67 valence electrons. The number of aliphatic carboxylic acids is 2. The van der Waals surface area contributed by atoms with Gasteiger partial charge in [0.2, 0.25) is 6.29 Å². The molecule has 0 aromatic carbocycles. The summed E-state index contributed by atoms with van der Waals surface area (Å²) in [5.74, 6) is -2.78. The van der Waals surface area contributed by atoms with E-state index in [2.05, 4.69) is 0 Å². The van der Waals surface area contributed by atoms with Crippen LogP contribution in [0.5, 0.6) is 0 Å². The molecule has 4 N–H and O–H groups in total. The molecule has 0 saturated carbocycles. The number of hydrogen-bond donors (Lipinski definition) is 3. The summed E-state index contributed by atoms with van der Waals surface area (Å²) >= 11 is 0. The monoisotopic (exact) mass is 174 g/mol. The lowest BCUT2D eigenvalue weighted by Crippen LogP contribution is -2.49. The van der Waals surface area contributed by atoms with Gasteiger partial charge in [-0.1, -0.05) is 0 Å². The van der Waals surface area contributed by atoms with Crippen LogP contribution in [0.4, 0.5) is 0 Å². The molecule has 0 spiro atoms. The van der Waals surface area contributed by atoms with Crippen molar-refractivity contribution in [1.29, 1.82) is 0 Å². The standard InChI is InChI=1S/C6H8NO5/c7-6(3-8,5(11)12)2-1-4(9)10/h1-2,7H2,(H,9,10)(H,11,12)/t6-/m0/s1. The minimum Gasteiger partial charge on any atom is -0.481 e. The molecule has 1 radical (unpaired) electrons. The Labute approximate surface area is 68.0 Å². The van der Waals surface area contributed by atoms with Gasteiger partial charge in [-0.15, -0.1) is 0 Å². The van der Waals surface area contributed by atoms with Crippen molar-refractivity contribution in [1.82, 2.24) is 0 Å². The Morgan fingerprint density at radius 1 is 1.42 bits per heavy atom. The first-order valence-corrected chi connectivity index (χ1v) is 3.06. The molecular weight excluding hydrogens is 166 g/mol. The molecule has 0 heterocycles. The van der Waals surface area contributed by atoms with Gasteiger partial charge in [-0.2, -0.15) is 0 Å². The van der Waals surface area contributed by atoms with E-state index in [1.165, 1.54) is 0 Å². The van der Waals surface area contributed by atoms with Crippen molar-refractivity contribution in [3.63, 3.8) is 0 Å². The molecule has 0 fully saturated rings. The van der Waals surface area contributed by atoms with Gasteiger partial charge < -0.3 is 15.9 Å². The third kappa shape index (κ3) is 2.67. The Bertz CT molecular complexity index is 214. The molecule has 0 aliphatic heterocycles. The second kappa shape index (κ2) is 3.82. The summed E-state index contributed by atoms with van der Waals surface area (Å²) < 4.78 is 0. The molecule has 0 aromatic rings. The molecule has 0 amide bonds. The molecule has 12 heavy (non-hydrogen) atoms. The van der Waals surface area contributed by atoms with Crippen molar-refractivity contribution < 1.29 is 24.6 Å². The lowest BCUT2D eigenvalue weighted by molar-refractivity contribution is -0.141. The van der Waals surface area contributed by atoms with Gasteiger partial charge in [0.25, 0.3) is 0 Å². The van der Waals surface area contributed by atoms with Crippen molar-refractivity contribution in [3.8, 4) is 0 Å². The number of carboxylic acids is 2. The number of hydrogen-bond acceptors (Lipinski definition) is 4. The maximum Gasteiger partial charge on any atom is 0.331 e. The number of nitrogens with two attached hydrogens (primary N) is 1. The smallest absolute Gasteiger partial charge is 0.331 e. The summed E-state index contributed by atoms with van der Waals surface area (Å²) in [6.45, 7) is 0. The van der Waals surface area contributed by atoms with E-state index in [4.69, 9.17) is 15.9 Å². The Balaban J connectivity index is 4.25. The van der Waals surface area contributed by atoms with E-state index in [-0.39, 0.29) is 0 Å². The first kappa shape index (κ1) is 10.6. The molecular formula is C6H8NO5. The van der Waals surface area contributed by atoms with Crippen molar-refractivity contribution in [2.24, 2.45) is 5.73 Å². The van der Waals surface area contributed by atoms with Crippen molar-refractivity contribution in [3.05, 3.63) is 0 Å². The van der Waals surface area contributed by atoms with E-state index in [0.29, 0.717) is 0 Å². The molecule has 0 aromatic heterocycles. The summed E-state index contributed by atoms with van der Waals surface area (Å²) in [5.41, 5.74) is 2.81. The summed E-state index contributed by atoms with van der Waals surface area (Å²) in [4.78, 5) is 30.3. The van der Waals surface area contributed by atoms with E-state index in [0.717, 1.165) is 6.29 Å². The van der Waals surface area contributed by atoms with Crippen LogP contribution in [0.15, 0.2) is 0 Å². The summed E-state index contributed by atoms with van der Waals surface area (Å²) in [7, 11) is 0. The highest BCUT2D eigenvalue weighted by molar-refractivity contribution is 5.97. The fraction of sp³-hybridized carbons (Fsp3) is 0.500. The molecule has 6 heteroatoms. The van der Waals surface area contributed by atoms with Crippen molar-refractivity contribution in [2.45, 2.75) is 18.4 Å². The fourth-order valence-electron chi connectivity index (χ4n) is 0.506. The van der Waals surface area contributed by atoms with E-state index in [9.17, 15) is 14.4 Å². The van der Waals surface area contributed by atoms with Gasteiger partial charge in [-0.3, -0.25) is 9.59 Å². The van der Waals surface area contributed by atoms with Crippen molar-refractivity contribution >= 4 is 18.2 Å². The molecule has 1 atom stereocenters. The molecule has 0 saturated heterocycles. The SMILES string of the molecule is N[C@]([C]=O)(CCC(=O)O)C(=O)O. The van der Waals surface area contributed by atoms with Crippen LogP contribution in [0.2, 0.25) is 0 Å². The minimum absolute atomic E-state index is 0.457. The maximum absolute atomic E-state index is 10.3. The van der Waals surface area contributed by atoms with Gasteiger partial charge in [0.15, 0.2) is 5.54 Å². The average Bonchev–Trinajstić information content (AvgIpc) is 1.99. The van der Waals surface area contributed by atoms with Gasteiger partial charge in [0, 0.05) is 6.42 Å². The average molecular weight is 174 g/mol. The Morgan fingerprint density at radius 3 is 2.17 bits per heavy atom. The normalized spacial score (nSPS) is 14.8. The van der Waals surface area contributed by atoms with Gasteiger partial charge in [-0.05, 0) is 6.42 Å². The van der Waals surface area contributed by atoms with Crippen LogP contribution in [0.1, 0.15) is 12.8 Å². The van der Waals surface area contributed by atoms with Gasteiger partial charge in [-0.25, -0.2) is 4.79 Å². The molecule has 6 nitrogen and oxygen atoms in total. The highest BCUT2D eigenvalue weighted by Gasteiger charge is 2.35. The quantitative estimate of drug-likeness (QED) is 0.448. The zero-order chi connectivity index (χ0) is 9.78. The summed E-state index contributed by atoms with van der Waals surface area (Å²) in [5, 5.41) is 16.5. The Hall–Kier alpha value is -1.43. The number of carboxylic acid groups (broad SMARTS) is 2. The predicted molar refractivity (Wildman–Crippen MR) is 37.1 cm³/mol. The second-order valence-corrected chi connectivity index (χ2v) is 2.27. The third-order valence-electron chi connectivity index (χ3n) is 1.30. The molecule has 0 rings (SSSR count). The van der Waals surface area contributed by atoms with Gasteiger partial charge in [0.05, 0.1) is 0 Å². The number of carbonyl (C=O) groups excluding carboxylic acids is 1. The van der Waals surface area contributed by atoms with Gasteiger partial charge >= 0.3 is 11.9 Å². The number of carbonyl (C=O) groups is 2. The van der Waals surface area contributed by atoms with E-state index < -0.39 is 30.3 Å². The van der Waals surface area contributed by atoms with Gasteiger partial charge in [0.1, 0.15) is 0 Å². The molecule has 0 bridgehead atoms. The lowest BCUT2D eigenvalue weighted by Gasteiger charge is -2.14. The molecule has 0 aliphatic rings. The summed E-state index contributed by atoms with van der Waals surface area (Å²) in [6.07, 6.45) is 0.167. The van der Waals surface area contributed by atoms with Crippen LogP contribution in [-0.2, 0) is 14.4 Å². The fourth-order valence-corrected chi connectivity index (χ4v) is 0.506. The van der Waals surface area contributed by atoms with E-state index >= 15 is 0 Å². The molecule has 0 aliphatic carbocycles. The topological polar surface area (TPSA) is 118 Å². The highest BCUT2D eigenvalue weighted by Crippen LogP contribution is 2.06. The van der Waals surface area contributed by atoms with Crippen LogP contribution in [-0.4, -0.2) is 34.0 Å². The van der Waals surface area contributed by atoms with Crippen LogP contribution < -0.4 is 5.73 Å². The predicted octanol–water partition coefficient (Wildman–Crippen LogP) is -1.26. The lowest BCUT2D eigenvalue weighted by atomic mass is 9.97. The molecule has 0 unspecified atom stereocenters. The van der Waals surface area contributed by atoms with E-state index in [1.54, 1.807) is 0 Å². The third-order valence-corrected chi connectivity index (χ3v) is 1.30. The first-order chi connectivity index (χ1) is 5.42. The largest absolute Gasteiger partial charge is 0.481 e. The van der Waals surface area contributed by atoms with Crippen LogP contribution in [0.25, 0.3) is 0 Å². The zero-order valence-electron chi connectivity index (χ0n) is 6.11.